The van der Waals surface area contributed by atoms with Gasteiger partial charge < -0.3 is 49.6 Å². The number of allylic oxidation sites excluding steroid dienone is 2. The molecule has 0 spiro atoms. The Bertz CT molecular complexity index is 2970. The number of aliphatic hydroxyl groups is 2. The van der Waals surface area contributed by atoms with E-state index in [0.717, 1.165) is 43.8 Å². The summed E-state index contributed by atoms with van der Waals surface area (Å²) >= 11 is 0. The normalized spacial score (nSPS) is 12.8. The van der Waals surface area contributed by atoms with Crippen molar-refractivity contribution in [1.82, 2.24) is 39.9 Å². The van der Waals surface area contributed by atoms with Crippen LogP contribution >= 0.6 is 0 Å². The molecule has 0 saturated carbocycles. The second kappa shape index (κ2) is 19.9. The topological polar surface area (TPSA) is 199 Å². The van der Waals surface area contributed by atoms with Crippen molar-refractivity contribution in [3.8, 4) is 45.6 Å². The third-order valence-electron chi connectivity index (χ3n) is 10.7. The van der Waals surface area contributed by atoms with Crippen LogP contribution in [0, 0.1) is 0 Å². The number of hydrogen-bond acceptors (Lipinski definition) is 12. The minimum Gasteiger partial charge on any atom is -0.504 e. The average Bonchev–Trinajstić information content (AvgIpc) is 4.04. The molecule has 69 heavy (non-hydrogen) atoms. The van der Waals surface area contributed by atoms with Crippen molar-refractivity contribution in [3.63, 3.8) is 0 Å². The summed E-state index contributed by atoms with van der Waals surface area (Å²) in [7, 11) is 2.38. The van der Waals surface area contributed by atoms with E-state index in [4.69, 9.17) is 50.1 Å². The molecule has 0 fully saturated rings. The van der Waals surface area contributed by atoms with Gasteiger partial charge in [0.2, 0.25) is 11.5 Å². The summed E-state index contributed by atoms with van der Waals surface area (Å²) < 4.78 is 80.0. The number of aromatic nitrogens is 8. The number of carbonyl (C=O) groups is 2. The Hall–Kier alpha value is -6.96. The van der Waals surface area contributed by atoms with Gasteiger partial charge in [0.1, 0.15) is 11.2 Å². The van der Waals surface area contributed by atoms with E-state index in [1.807, 2.05) is 97.1 Å². The SMILES string of the molecule is COC(C)(C)C(=O)/C=C(\O)C(F)(F)F.COC(C)(C)C(=O)/C=C(\O)C(F)(F)F.[Zr+2].c1ccc2c(c1)-c1nc-2nc2[n-]c(nc3nc(nc4[n-]c(n1)c1ccccc41)-c1ccccc1-3)c1ccccc21. The quantitative estimate of drug-likeness (QED) is 0.0906. The number of benzene rings is 4. The molecule has 2 N–H and O–H groups in total. The number of methoxy groups -OCH3 is 2. The smallest absolute Gasteiger partial charge is 0.504 e. The van der Waals surface area contributed by atoms with Gasteiger partial charge in [-0.2, -0.15) is 26.3 Å². The molecular formula is C48H38F6N8O6Zr. The summed E-state index contributed by atoms with van der Waals surface area (Å²) in [6, 6.07) is 31.8. The number of nitrogens with zero attached hydrogens (tertiary/aromatic N) is 8. The number of carbonyl (C=O) groups excluding carboxylic acids is 2. The predicted molar refractivity (Wildman–Crippen MR) is 240 cm³/mol. The molecule has 5 heterocycles. The molecule has 0 amide bonds. The molecule has 0 aliphatic carbocycles. The van der Waals surface area contributed by atoms with Crippen molar-refractivity contribution in [2.24, 2.45) is 0 Å². The zero-order valence-corrected chi connectivity index (χ0v) is 39.7. The first kappa shape index (κ1) is 51.4. The molecule has 7 aromatic rings. The third kappa shape index (κ3) is 11.0. The van der Waals surface area contributed by atoms with E-state index in [1.165, 1.54) is 41.9 Å². The van der Waals surface area contributed by atoms with Gasteiger partial charge in [0.25, 0.3) is 0 Å². The number of ether oxygens (including phenoxy) is 2. The second-order valence-electron chi connectivity index (χ2n) is 15.9. The summed E-state index contributed by atoms with van der Waals surface area (Å²) in [4.78, 5) is 61.5. The Kier molecular flexibility index (Phi) is 14.9. The first-order valence-corrected chi connectivity index (χ1v) is 20.3. The van der Waals surface area contributed by atoms with Crippen molar-refractivity contribution in [1.29, 1.82) is 0 Å². The fourth-order valence-electron chi connectivity index (χ4n) is 6.42. The van der Waals surface area contributed by atoms with Crippen molar-refractivity contribution in [2.75, 3.05) is 14.2 Å². The molecule has 8 bridgehead atoms. The summed E-state index contributed by atoms with van der Waals surface area (Å²) in [5, 5.41) is 20.5. The minimum atomic E-state index is -4.90. The molecule has 0 radical (unpaired) electrons. The molecule has 4 aromatic carbocycles. The van der Waals surface area contributed by atoms with Gasteiger partial charge >= 0.3 is 38.6 Å². The summed E-state index contributed by atoms with van der Waals surface area (Å²) in [6.07, 6.45) is -9.58. The molecule has 2 aliphatic heterocycles. The Morgan fingerprint density at radius 1 is 0.464 bits per heavy atom. The number of aliphatic hydroxyl groups excluding tert-OH is 2. The van der Waals surface area contributed by atoms with Gasteiger partial charge in [-0.1, -0.05) is 97.1 Å². The van der Waals surface area contributed by atoms with Crippen LogP contribution in [0.25, 0.3) is 89.7 Å². The van der Waals surface area contributed by atoms with E-state index in [1.54, 1.807) is 0 Å². The number of rotatable bonds is 6. The number of ketones is 2. The van der Waals surface area contributed by atoms with Crippen LogP contribution in [0.15, 0.2) is 121 Å². The Morgan fingerprint density at radius 3 is 0.913 bits per heavy atom. The van der Waals surface area contributed by atoms with Crippen LogP contribution in [0.3, 0.4) is 0 Å². The summed E-state index contributed by atoms with van der Waals surface area (Å²) in [5.74, 6) is -3.54. The zero-order valence-electron chi connectivity index (χ0n) is 37.3. The molecule has 352 valence electrons. The van der Waals surface area contributed by atoms with Crippen molar-refractivity contribution >= 4 is 55.7 Å². The third-order valence-corrected chi connectivity index (χ3v) is 10.7. The van der Waals surface area contributed by atoms with Gasteiger partial charge in [-0.15, -0.1) is 0 Å². The summed E-state index contributed by atoms with van der Waals surface area (Å²) in [5.41, 5.74) is 3.03. The van der Waals surface area contributed by atoms with E-state index in [9.17, 15) is 35.9 Å². The van der Waals surface area contributed by atoms with Gasteiger partial charge in [-0.05, 0) is 49.2 Å². The number of alkyl halides is 6. The van der Waals surface area contributed by atoms with Crippen LogP contribution in [0.4, 0.5) is 26.3 Å². The van der Waals surface area contributed by atoms with Crippen LogP contribution in [0.1, 0.15) is 27.7 Å². The molecular weight excluding hydrogens is 990 g/mol. The van der Waals surface area contributed by atoms with E-state index in [2.05, 4.69) is 9.47 Å². The van der Waals surface area contributed by atoms with Gasteiger partial charge in [-0.25, -0.2) is 9.97 Å². The molecule has 0 atom stereocenters. The molecule has 3 aromatic heterocycles. The first-order valence-electron chi connectivity index (χ1n) is 20.3. The van der Waals surface area contributed by atoms with Crippen LogP contribution in [-0.2, 0) is 45.3 Å². The van der Waals surface area contributed by atoms with Gasteiger partial charge in [0, 0.05) is 71.2 Å². The monoisotopic (exact) mass is 1030 g/mol. The maximum Gasteiger partial charge on any atom is 2.00 e. The van der Waals surface area contributed by atoms with Gasteiger partial charge in [-0.3, -0.25) is 9.59 Å². The standard InChI is InChI=1S/C32H16N8.2C8H11F3O3.Zr/c1-2-10-18-17(9-1)25-33-26(18)38-28-21-13-5-6-14-22(21)30(35-28)40-32-24-16-8-7-15-23(24)31(36-32)39-29-20-12-4-3-11-19(20)27(34-29)37-25;2*1-7(2,14-3)5(12)4-6(13)8(9,10)11;/h1-16H;2*4,13H,1-3H3;/q-2;;;+2/b;2*6-4-;. The van der Waals surface area contributed by atoms with Gasteiger partial charge in [0.15, 0.2) is 11.6 Å². The molecule has 14 nitrogen and oxygen atoms in total. The largest absolute Gasteiger partial charge is 2.00 e. The maximum atomic E-state index is 11.8. The average molecular weight is 1030 g/mol. The van der Waals surface area contributed by atoms with Crippen LogP contribution in [-0.4, -0.2) is 89.5 Å². The van der Waals surface area contributed by atoms with E-state index < -0.39 is 46.6 Å². The second-order valence-corrected chi connectivity index (χ2v) is 15.9. The molecule has 9 rings (SSSR count). The summed E-state index contributed by atoms with van der Waals surface area (Å²) in [6.45, 7) is 5.20. The van der Waals surface area contributed by atoms with Crippen molar-refractivity contribution in [3.05, 3.63) is 121 Å². The van der Waals surface area contributed by atoms with E-state index in [-0.39, 0.29) is 38.4 Å². The molecule has 2 aliphatic rings. The first-order chi connectivity index (χ1) is 32.0. The van der Waals surface area contributed by atoms with Crippen LogP contribution in [0.5, 0.6) is 0 Å². The maximum absolute atomic E-state index is 11.8. The van der Waals surface area contributed by atoms with Crippen LogP contribution < -0.4 is 9.97 Å². The fourth-order valence-corrected chi connectivity index (χ4v) is 6.42. The minimum absolute atomic E-state index is 0. The Balaban J connectivity index is 0.000000225. The van der Waals surface area contributed by atoms with Crippen molar-refractivity contribution in [2.45, 2.75) is 51.2 Å². The zero-order chi connectivity index (χ0) is 49.3. The Morgan fingerprint density at radius 2 is 0.696 bits per heavy atom. The van der Waals surface area contributed by atoms with Gasteiger partial charge in [0.05, 0.1) is 23.3 Å². The fraction of sp³-hybridized carbons (Fsp3) is 0.208. The van der Waals surface area contributed by atoms with E-state index in [0.29, 0.717) is 45.9 Å². The molecule has 0 saturated heterocycles. The van der Waals surface area contributed by atoms with E-state index >= 15 is 0 Å². The Labute approximate surface area is 407 Å². The molecule has 21 heteroatoms. The van der Waals surface area contributed by atoms with Crippen LogP contribution in [0.2, 0.25) is 0 Å². The predicted octanol–water partition coefficient (Wildman–Crippen LogP) is 10.1. The molecule has 0 unspecified atom stereocenters. The number of hydrogen-bond donors (Lipinski definition) is 2. The number of halogens is 6. The number of fused-ring (bicyclic) bond motifs is 20. The van der Waals surface area contributed by atoms with Crippen molar-refractivity contribution < 1.29 is 81.8 Å².